The van der Waals surface area contributed by atoms with E-state index in [0.717, 1.165) is 5.76 Å². The molecule has 31 heavy (non-hydrogen) atoms. The van der Waals surface area contributed by atoms with Crippen LogP contribution in [0.1, 0.15) is 35.4 Å². The lowest BCUT2D eigenvalue weighted by atomic mass is 9.87. The van der Waals surface area contributed by atoms with Crippen LogP contribution in [0.15, 0.2) is 47.1 Å². The van der Waals surface area contributed by atoms with E-state index in [1.807, 2.05) is 6.07 Å². The van der Waals surface area contributed by atoms with Crippen LogP contribution < -0.4 is 21.3 Å². The quantitative estimate of drug-likeness (QED) is 0.437. The SMILES string of the molecule is O=C(CCc1ccco1)NC1(C(=O)NCCNC(=O)c2ccc(Cl)cc2)CCNCC1. The number of amides is 3. The molecule has 1 fully saturated rings. The first kappa shape index (κ1) is 22.8. The Morgan fingerprint density at radius 2 is 1.74 bits per heavy atom. The summed E-state index contributed by atoms with van der Waals surface area (Å²) in [6.07, 6.45) is 3.30. The number of nitrogens with one attached hydrogen (secondary N) is 4. The van der Waals surface area contributed by atoms with Crippen molar-refractivity contribution in [1.29, 1.82) is 0 Å². The van der Waals surface area contributed by atoms with Gasteiger partial charge in [0.1, 0.15) is 11.3 Å². The van der Waals surface area contributed by atoms with Crippen molar-refractivity contribution in [3.63, 3.8) is 0 Å². The van der Waals surface area contributed by atoms with Gasteiger partial charge in [-0.25, -0.2) is 0 Å². The smallest absolute Gasteiger partial charge is 0.251 e. The summed E-state index contributed by atoms with van der Waals surface area (Å²) in [6.45, 7) is 1.81. The highest BCUT2D eigenvalue weighted by atomic mass is 35.5. The largest absolute Gasteiger partial charge is 0.469 e. The van der Waals surface area contributed by atoms with Gasteiger partial charge in [-0.2, -0.15) is 0 Å². The summed E-state index contributed by atoms with van der Waals surface area (Å²) in [5.41, 5.74) is -0.458. The number of hydrogen-bond donors (Lipinski definition) is 4. The van der Waals surface area contributed by atoms with Gasteiger partial charge in [-0.05, 0) is 62.3 Å². The maximum atomic E-state index is 12.9. The monoisotopic (exact) mass is 446 g/mol. The standard InChI is InChI=1S/C22H27ClN4O4/c23-17-5-3-16(4-6-17)20(29)25-13-14-26-21(30)22(9-11-24-12-10-22)27-19(28)8-7-18-2-1-15-31-18/h1-6,15,24H,7-14H2,(H,25,29)(H,26,30)(H,27,28). The number of halogens is 1. The Labute approximate surface area is 186 Å². The van der Waals surface area contributed by atoms with Gasteiger partial charge in [0.05, 0.1) is 6.26 Å². The molecule has 0 spiro atoms. The lowest BCUT2D eigenvalue weighted by Crippen LogP contribution is -2.63. The van der Waals surface area contributed by atoms with Crippen LogP contribution in [0, 0.1) is 0 Å². The molecule has 166 valence electrons. The minimum Gasteiger partial charge on any atom is -0.469 e. The Balaban J connectivity index is 1.47. The van der Waals surface area contributed by atoms with Crippen molar-refractivity contribution < 1.29 is 18.8 Å². The second-order valence-electron chi connectivity index (χ2n) is 7.48. The number of carbonyl (C=O) groups excluding carboxylic acids is 3. The summed E-state index contributed by atoms with van der Waals surface area (Å²) in [7, 11) is 0. The lowest BCUT2D eigenvalue weighted by molar-refractivity contribution is -0.134. The molecule has 3 amide bonds. The summed E-state index contributed by atoms with van der Waals surface area (Å²) < 4.78 is 5.26. The van der Waals surface area contributed by atoms with Crippen LogP contribution in [0.2, 0.25) is 5.02 Å². The van der Waals surface area contributed by atoms with Crippen LogP contribution in [-0.4, -0.2) is 49.4 Å². The third kappa shape index (κ3) is 6.57. The summed E-state index contributed by atoms with van der Waals surface area (Å²) in [6, 6.07) is 10.2. The van der Waals surface area contributed by atoms with Gasteiger partial charge in [0.25, 0.3) is 5.91 Å². The van der Waals surface area contributed by atoms with Crippen molar-refractivity contribution in [3.8, 4) is 0 Å². The van der Waals surface area contributed by atoms with Gasteiger partial charge in [-0.1, -0.05) is 11.6 Å². The molecular formula is C22H27ClN4O4. The Morgan fingerprint density at radius 3 is 2.42 bits per heavy atom. The Hall–Kier alpha value is -2.84. The van der Waals surface area contributed by atoms with Gasteiger partial charge < -0.3 is 25.7 Å². The van der Waals surface area contributed by atoms with Gasteiger partial charge in [0.15, 0.2) is 0 Å². The van der Waals surface area contributed by atoms with Gasteiger partial charge >= 0.3 is 0 Å². The van der Waals surface area contributed by atoms with Crippen LogP contribution in [0.25, 0.3) is 0 Å². The van der Waals surface area contributed by atoms with Crippen LogP contribution in [0.3, 0.4) is 0 Å². The predicted octanol–water partition coefficient (Wildman–Crippen LogP) is 1.65. The van der Waals surface area contributed by atoms with Gasteiger partial charge in [-0.3, -0.25) is 14.4 Å². The second-order valence-corrected chi connectivity index (χ2v) is 7.91. The number of aryl methyl sites for hydroxylation is 1. The summed E-state index contributed by atoms with van der Waals surface area (Å²) in [5.74, 6) is 0.0645. The highest BCUT2D eigenvalue weighted by Crippen LogP contribution is 2.19. The molecule has 0 aliphatic carbocycles. The molecule has 0 unspecified atom stereocenters. The highest BCUT2D eigenvalue weighted by molar-refractivity contribution is 6.30. The van der Waals surface area contributed by atoms with E-state index < -0.39 is 5.54 Å². The molecule has 0 radical (unpaired) electrons. The number of rotatable bonds is 9. The fourth-order valence-electron chi connectivity index (χ4n) is 3.51. The molecule has 1 aromatic carbocycles. The maximum absolute atomic E-state index is 12.9. The Morgan fingerprint density at radius 1 is 1.03 bits per heavy atom. The van der Waals surface area contributed by atoms with Crippen LogP contribution in [0.4, 0.5) is 0 Å². The van der Waals surface area contributed by atoms with Gasteiger partial charge in [-0.15, -0.1) is 0 Å². The minimum atomic E-state index is -0.953. The van der Waals surface area contributed by atoms with Crippen molar-refractivity contribution in [2.75, 3.05) is 26.2 Å². The molecule has 8 nitrogen and oxygen atoms in total. The summed E-state index contributed by atoms with van der Waals surface area (Å²) >= 11 is 5.83. The third-order valence-corrected chi connectivity index (χ3v) is 5.50. The molecule has 1 aliphatic heterocycles. The molecule has 1 aromatic heterocycles. The van der Waals surface area contributed by atoms with Crippen LogP contribution in [-0.2, 0) is 16.0 Å². The van der Waals surface area contributed by atoms with E-state index in [2.05, 4.69) is 21.3 Å². The van der Waals surface area contributed by atoms with Gasteiger partial charge in [0, 0.05) is 36.5 Å². The first-order valence-corrected chi connectivity index (χ1v) is 10.7. The molecule has 1 aliphatic rings. The molecule has 2 aromatic rings. The fourth-order valence-corrected chi connectivity index (χ4v) is 3.63. The van der Waals surface area contributed by atoms with Crippen molar-refractivity contribution in [1.82, 2.24) is 21.3 Å². The number of furan rings is 1. The molecule has 0 atom stereocenters. The molecule has 9 heteroatoms. The number of benzene rings is 1. The molecule has 4 N–H and O–H groups in total. The number of hydrogen-bond acceptors (Lipinski definition) is 5. The van der Waals surface area contributed by atoms with E-state index in [1.54, 1.807) is 36.6 Å². The fraction of sp³-hybridized carbons (Fsp3) is 0.409. The van der Waals surface area contributed by atoms with E-state index in [-0.39, 0.29) is 37.2 Å². The summed E-state index contributed by atoms with van der Waals surface area (Å²) in [4.78, 5) is 37.6. The predicted molar refractivity (Wildman–Crippen MR) is 117 cm³/mol. The number of piperidine rings is 1. The Bertz CT molecular complexity index is 877. The molecule has 0 saturated carbocycles. The molecule has 0 bridgehead atoms. The van der Waals surface area contributed by atoms with Crippen molar-refractivity contribution in [2.45, 2.75) is 31.2 Å². The zero-order chi connectivity index (χ0) is 22.1. The first-order valence-electron chi connectivity index (χ1n) is 10.3. The molecule has 3 rings (SSSR count). The van der Waals surface area contributed by atoms with E-state index >= 15 is 0 Å². The van der Waals surface area contributed by atoms with E-state index in [4.69, 9.17) is 16.0 Å². The lowest BCUT2D eigenvalue weighted by Gasteiger charge is -2.37. The molecular weight excluding hydrogens is 420 g/mol. The highest BCUT2D eigenvalue weighted by Gasteiger charge is 2.40. The first-order chi connectivity index (χ1) is 15.0. The Kier molecular flexibility index (Phi) is 8.08. The third-order valence-electron chi connectivity index (χ3n) is 5.25. The summed E-state index contributed by atoms with van der Waals surface area (Å²) in [5, 5.41) is 12.3. The zero-order valence-electron chi connectivity index (χ0n) is 17.2. The van der Waals surface area contributed by atoms with Crippen molar-refractivity contribution in [3.05, 3.63) is 59.0 Å². The number of carbonyl (C=O) groups is 3. The average Bonchev–Trinajstić information content (AvgIpc) is 3.30. The second kappa shape index (κ2) is 11.0. The topological polar surface area (TPSA) is 112 Å². The van der Waals surface area contributed by atoms with E-state index in [1.165, 1.54) is 0 Å². The van der Waals surface area contributed by atoms with Gasteiger partial charge in [0.2, 0.25) is 11.8 Å². The van der Waals surface area contributed by atoms with Crippen molar-refractivity contribution in [2.24, 2.45) is 0 Å². The van der Waals surface area contributed by atoms with Crippen LogP contribution >= 0.6 is 11.6 Å². The van der Waals surface area contributed by atoms with E-state index in [9.17, 15) is 14.4 Å². The average molecular weight is 447 g/mol. The van der Waals surface area contributed by atoms with E-state index in [0.29, 0.717) is 42.9 Å². The van der Waals surface area contributed by atoms with Crippen LogP contribution in [0.5, 0.6) is 0 Å². The normalized spacial score (nSPS) is 15.1. The molecule has 2 heterocycles. The maximum Gasteiger partial charge on any atom is 0.251 e. The zero-order valence-corrected chi connectivity index (χ0v) is 18.0. The van der Waals surface area contributed by atoms with Crippen molar-refractivity contribution >= 4 is 29.3 Å². The molecule has 1 saturated heterocycles. The minimum absolute atomic E-state index is 0.190.